The van der Waals surface area contributed by atoms with E-state index in [0.29, 0.717) is 0 Å². The Hall–Kier alpha value is -1.74. The first-order valence-electron chi connectivity index (χ1n) is 6.33. The number of hydrogen-bond donors (Lipinski definition) is 1. The highest BCUT2D eigenvalue weighted by atomic mass is 35.5. The molecule has 1 aromatic heterocycles. The normalized spacial score (nSPS) is 13.2. The van der Waals surface area contributed by atoms with Crippen LogP contribution in [0.4, 0.5) is 11.4 Å². The van der Waals surface area contributed by atoms with E-state index >= 15 is 0 Å². The molecule has 2 heterocycles. The summed E-state index contributed by atoms with van der Waals surface area (Å²) in [4.78, 5) is 6.77. The summed E-state index contributed by atoms with van der Waals surface area (Å²) in [7, 11) is 0. The van der Waals surface area contributed by atoms with E-state index < -0.39 is 0 Å². The first-order valence-corrected chi connectivity index (χ1v) is 6.33. The number of benzene rings is 1. The predicted molar refractivity (Wildman–Crippen MR) is 82.2 cm³/mol. The number of rotatable bonds is 2. The van der Waals surface area contributed by atoms with Crippen molar-refractivity contribution in [2.45, 2.75) is 13.5 Å². The van der Waals surface area contributed by atoms with Gasteiger partial charge in [-0.25, -0.2) is 0 Å². The van der Waals surface area contributed by atoms with Gasteiger partial charge in [0.05, 0.1) is 11.4 Å². The first-order chi connectivity index (χ1) is 8.84. The van der Waals surface area contributed by atoms with Gasteiger partial charge in [0, 0.05) is 31.5 Å². The molecule has 0 atom stereocenters. The zero-order valence-corrected chi connectivity index (χ0v) is 11.8. The van der Waals surface area contributed by atoms with Gasteiger partial charge in [0.25, 0.3) is 0 Å². The second-order valence-corrected chi connectivity index (χ2v) is 4.61. The van der Waals surface area contributed by atoms with Crippen LogP contribution in [0.1, 0.15) is 11.3 Å². The second kappa shape index (κ2) is 5.93. The summed E-state index contributed by atoms with van der Waals surface area (Å²) in [5.74, 6) is 0. The molecular weight excluding hydrogens is 258 g/mol. The lowest BCUT2D eigenvalue weighted by Gasteiger charge is -2.32. The van der Waals surface area contributed by atoms with Crippen LogP contribution in [0.15, 0.2) is 42.6 Å². The van der Waals surface area contributed by atoms with Crippen LogP contribution in [0.2, 0.25) is 0 Å². The Bertz CT molecular complexity index is 557. The minimum absolute atomic E-state index is 0. The zero-order chi connectivity index (χ0) is 12.4. The molecule has 100 valence electrons. The van der Waals surface area contributed by atoms with Crippen molar-refractivity contribution in [2.24, 2.45) is 0 Å². The molecule has 0 bridgehead atoms. The Balaban J connectivity index is 0.00000133. The van der Waals surface area contributed by atoms with Crippen LogP contribution in [0.25, 0.3) is 0 Å². The van der Waals surface area contributed by atoms with Crippen LogP contribution < -0.4 is 10.2 Å². The molecule has 0 fully saturated rings. The first kappa shape index (κ1) is 13.7. The van der Waals surface area contributed by atoms with Crippen LogP contribution in [0.5, 0.6) is 0 Å². The van der Waals surface area contributed by atoms with Crippen molar-refractivity contribution in [3.05, 3.63) is 53.9 Å². The fourth-order valence-electron chi connectivity index (χ4n) is 2.40. The fourth-order valence-corrected chi connectivity index (χ4v) is 2.40. The van der Waals surface area contributed by atoms with Gasteiger partial charge >= 0.3 is 0 Å². The Morgan fingerprint density at radius 3 is 2.89 bits per heavy atom. The molecule has 0 radical (unpaired) electrons. The number of para-hydroxylation sites is 2. The molecule has 4 heteroatoms. The van der Waals surface area contributed by atoms with E-state index in [1.807, 2.05) is 12.3 Å². The molecule has 19 heavy (non-hydrogen) atoms. The van der Waals surface area contributed by atoms with Gasteiger partial charge in [-0.2, -0.15) is 0 Å². The number of pyridine rings is 1. The van der Waals surface area contributed by atoms with Crippen LogP contribution in [0.3, 0.4) is 0 Å². The maximum absolute atomic E-state index is 4.36. The topological polar surface area (TPSA) is 28.2 Å². The zero-order valence-electron chi connectivity index (χ0n) is 11.0. The fraction of sp³-hybridized carbons (Fsp3) is 0.267. The third-order valence-electron chi connectivity index (χ3n) is 3.42. The average Bonchev–Trinajstić information content (AvgIpc) is 2.42. The Labute approximate surface area is 120 Å². The molecule has 0 amide bonds. The predicted octanol–water partition coefficient (Wildman–Crippen LogP) is 3.24. The highest BCUT2D eigenvalue weighted by molar-refractivity contribution is 5.85. The number of nitrogens with zero attached hydrogens (tertiary/aromatic N) is 2. The number of aryl methyl sites for hydroxylation is 1. The van der Waals surface area contributed by atoms with Crippen molar-refractivity contribution in [3.63, 3.8) is 0 Å². The van der Waals surface area contributed by atoms with Crippen LogP contribution in [-0.2, 0) is 6.54 Å². The number of hydrogen-bond acceptors (Lipinski definition) is 3. The van der Waals surface area contributed by atoms with Crippen molar-refractivity contribution in [1.82, 2.24) is 4.98 Å². The molecule has 1 aliphatic heterocycles. The van der Waals surface area contributed by atoms with Crippen LogP contribution >= 0.6 is 12.4 Å². The molecule has 1 aliphatic rings. The Morgan fingerprint density at radius 2 is 2.05 bits per heavy atom. The third-order valence-corrected chi connectivity index (χ3v) is 3.42. The van der Waals surface area contributed by atoms with E-state index in [-0.39, 0.29) is 12.4 Å². The molecule has 2 aromatic rings. The van der Waals surface area contributed by atoms with Gasteiger partial charge in [-0.05, 0) is 30.7 Å². The van der Waals surface area contributed by atoms with E-state index in [9.17, 15) is 0 Å². The molecule has 3 nitrogen and oxygen atoms in total. The van der Waals surface area contributed by atoms with Crippen LogP contribution in [0, 0.1) is 6.92 Å². The maximum Gasteiger partial charge on any atom is 0.0605 e. The lowest BCUT2D eigenvalue weighted by molar-refractivity contribution is 0.780. The molecule has 0 aliphatic carbocycles. The highest BCUT2D eigenvalue weighted by Crippen LogP contribution is 2.29. The minimum Gasteiger partial charge on any atom is -0.382 e. The Kier molecular flexibility index (Phi) is 4.27. The lowest BCUT2D eigenvalue weighted by atomic mass is 10.1. The summed E-state index contributed by atoms with van der Waals surface area (Å²) in [6.07, 6.45) is 1.85. The molecule has 0 unspecified atom stereocenters. The lowest BCUT2D eigenvalue weighted by Crippen LogP contribution is -2.33. The molecule has 1 aromatic carbocycles. The smallest absolute Gasteiger partial charge is 0.0605 e. The number of anilines is 2. The summed E-state index contributed by atoms with van der Waals surface area (Å²) >= 11 is 0. The van der Waals surface area contributed by atoms with E-state index in [1.165, 1.54) is 16.9 Å². The van der Waals surface area contributed by atoms with Gasteiger partial charge in [0.2, 0.25) is 0 Å². The summed E-state index contributed by atoms with van der Waals surface area (Å²) in [5.41, 5.74) is 4.93. The number of aromatic nitrogens is 1. The van der Waals surface area contributed by atoms with E-state index in [4.69, 9.17) is 0 Å². The van der Waals surface area contributed by atoms with Crippen LogP contribution in [-0.4, -0.2) is 18.1 Å². The molecule has 0 saturated heterocycles. The summed E-state index contributed by atoms with van der Waals surface area (Å²) in [5, 5.41) is 3.44. The number of halogens is 1. The van der Waals surface area contributed by atoms with Gasteiger partial charge in [-0.15, -0.1) is 12.4 Å². The molecule has 0 saturated carbocycles. The standard InChI is InChI=1S/C15H17N3.ClH/c1-12-13(5-4-8-16-12)11-18-10-9-17-14-6-2-3-7-15(14)18;/h2-8,17H,9-11H2,1H3;1H. The van der Waals surface area contributed by atoms with Crippen molar-refractivity contribution >= 4 is 23.8 Å². The van der Waals surface area contributed by atoms with Gasteiger partial charge in [-0.3, -0.25) is 4.98 Å². The summed E-state index contributed by atoms with van der Waals surface area (Å²) in [6, 6.07) is 12.6. The van der Waals surface area contributed by atoms with Gasteiger partial charge in [0.1, 0.15) is 0 Å². The monoisotopic (exact) mass is 275 g/mol. The maximum atomic E-state index is 4.36. The largest absolute Gasteiger partial charge is 0.382 e. The minimum atomic E-state index is 0. The van der Waals surface area contributed by atoms with E-state index in [2.05, 4.69) is 52.5 Å². The van der Waals surface area contributed by atoms with Crippen molar-refractivity contribution < 1.29 is 0 Å². The summed E-state index contributed by atoms with van der Waals surface area (Å²) in [6.45, 7) is 5.03. The second-order valence-electron chi connectivity index (χ2n) is 4.61. The van der Waals surface area contributed by atoms with Crippen molar-refractivity contribution in [1.29, 1.82) is 0 Å². The molecule has 3 rings (SSSR count). The summed E-state index contributed by atoms with van der Waals surface area (Å²) < 4.78 is 0. The van der Waals surface area contributed by atoms with E-state index in [0.717, 1.165) is 25.3 Å². The van der Waals surface area contributed by atoms with Gasteiger partial charge in [0.15, 0.2) is 0 Å². The highest BCUT2D eigenvalue weighted by Gasteiger charge is 2.16. The quantitative estimate of drug-likeness (QED) is 0.912. The van der Waals surface area contributed by atoms with Crippen molar-refractivity contribution in [2.75, 3.05) is 23.3 Å². The van der Waals surface area contributed by atoms with Crippen molar-refractivity contribution in [3.8, 4) is 0 Å². The number of fused-ring (bicyclic) bond motifs is 1. The Morgan fingerprint density at radius 1 is 1.21 bits per heavy atom. The van der Waals surface area contributed by atoms with E-state index in [1.54, 1.807) is 0 Å². The van der Waals surface area contributed by atoms with Gasteiger partial charge in [-0.1, -0.05) is 18.2 Å². The van der Waals surface area contributed by atoms with Gasteiger partial charge < -0.3 is 10.2 Å². The SMILES string of the molecule is Cc1ncccc1CN1CCNc2ccccc21.Cl. The third kappa shape index (κ3) is 2.82. The molecule has 0 spiro atoms. The average molecular weight is 276 g/mol. The number of nitrogens with one attached hydrogen (secondary N) is 1. The molecule has 1 N–H and O–H groups in total. The molecular formula is C15H18ClN3.